The minimum Gasteiger partial charge on any atom is -0.378 e. The predicted octanol–water partition coefficient (Wildman–Crippen LogP) is 3.16. The van der Waals surface area contributed by atoms with Gasteiger partial charge in [0.15, 0.2) is 5.78 Å². The third kappa shape index (κ3) is 3.02. The highest BCUT2D eigenvalue weighted by atomic mass is 16.5. The summed E-state index contributed by atoms with van der Waals surface area (Å²) in [5.41, 5.74) is 2.07. The van der Waals surface area contributed by atoms with Crippen molar-refractivity contribution in [1.29, 1.82) is 0 Å². The van der Waals surface area contributed by atoms with Gasteiger partial charge in [-0.3, -0.25) is 9.78 Å². The number of ketones is 1. The summed E-state index contributed by atoms with van der Waals surface area (Å²) in [6.45, 7) is 0.870. The molecular weight excluding hydrogens is 252 g/mol. The molecule has 1 unspecified atom stereocenters. The van der Waals surface area contributed by atoms with Gasteiger partial charge in [-0.25, -0.2) is 4.98 Å². The molecule has 2 aromatic rings. The van der Waals surface area contributed by atoms with Gasteiger partial charge in [-0.05, 0) is 37.8 Å². The third-order valence-corrected chi connectivity index (χ3v) is 3.69. The van der Waals surface area contributed by atoms with Gasteiger partial charge in [0.1, 0.15) is 5.69 Å². The van der Waals surface area contributed by atoms with Crippen molar-refractivity contribution in [2.45, 2.75) is 38.2 Å². The molecule has 20 heavy (non-hydrogen) atoms. The lowest BCUT2D eigenvalue weighted by Crippen LogP contribution is -2.08. The molecule has 0 aliphatic carbocycles. The van der Waals surface area contributed by atoms with Gasteiger partial charge in [0.25, 0.3) is 0 Å². The Morgan fingerprint density at radius 1 is 1.30 bits per heavy atom. The highest BCUT2D eigenvalue weighted by Crippen LogP contribution is 2.18. The number of carbonyl (C=O) groups is 1. The summed E-state index contributed by atoms with van der Waals surface area (Å²) in [6.07, 6.45) is 6.55. The molecule has 1 saturated heterocycles. The molecule has 1 aliphatic rings. The van der Waals surface area contributed by atoms with Crippen molar-refractivity contribution >= 4 is 16.8 Å². The van der Waals surface area contributed by atoms with E-state index in [-0.39, 0.29) is 5.78 Å². The first-order valence-electron chi connectivity index (χ1n) is 7.19. The first kappa shape index (κ1) is 13.2. The molecule has 2 heterocycles. The molecule has 0 N–H and O–H groups in total. The highest BCUT2D eigenvalue weighted by Gasteiger charge is 2.16. The van der Waals surface area contributed by atoms with E-state index in [0.717, 1.165) is 43.3 Å². The van der Waals surface area contributed by atoms with Gasteiger partial charge in [0.05, 0.1) is 23.3 Å². The van der Waals surface area contributed by atoms with Crippen LogP contribution in [0.1, 0.15) is 42.6 Å². The summed E-state index contributed by atoms with van der Waals surface area (Å²) in [5.74, 6) is 0.0706. The second-order valence-electron chi connectivity index (χ2n) is 5.19. The molecule has 104 valence electrons. The van der Waals surface area contributed by atoms with E-state index in [4.69, 9.17) is 4.74 Å². The van der Waals surface area contributed by atoms with Crippen LogP contribution in [-0.2, 0) is 4.74 Å². The summed E-state index contributed by atoms with van der Waals surface area (Å²) in [7, 11) is 0. The summed E-state index contributed by atoms with van der Waals surface area (Å²) < 4.78 is 5.56. The number of benzene rings is 1. The van der Waals surface area contributed by atoms with Gasteiger partial charge in [-0.15, -0.1) is 0 Å². The minimum atomic E-state index is 0.0706. The molecule has 1 atom stereocenters. The van der Waals surface area contributed by atoms with Gasteiger partial charge in [0, 0.05) is 13.0 Å². The smallest absolute Gasteiger partial charge is 0.182 e. The van der Waals surface area contributed by atoms with Crippen molar-refractivity contribution in [1.82, 2.24) is 9.97 Å². The molecule has 4 nitrogen and oxygen atoms in total. The number of fused-ring (bicyclic) bond motifs is 1. The van der Waals surface area contributed by atoms with Crippen molar-refractivity contribution in [3.63, 3.8) is 0 Å². The fraction of sp³-hybridized carbons (Fsp3) is 0.438. The van der Waals surface area contributed by atoms with Crippen LogP contribution in [0.25, 0.3) is 11.0 Å². The van der Waals surface area contributed by atoms with Crippen LogP contribution in [0.3, 0.4) is 0 Å². The standard InChI is InChI=1S/C16H18N2O2/c19-16(9-3-5-12-6-4-10-20-12)15-11-17-13-7-1-2-8-14(13)18-15/h1-2,7-8,11-12H,3-6,9-10H2. The van der Waals surface area contributed by atoms with Crippen LogP contribution in [0.15, 0.2) is 30.5 Å². The average molecular weight is 270 g/mol. The van der Waals surface area contributed by atoms with Gasteiger partial charge in [-0.2, -0.15) is 0 Å². The summed E-state index contributed by atoms with van der Waals surface area (Å²) in [4.78, 5) is 20.8. The molecule has 0 spiro atoms. The number of aromatic nitrogens is 2. The number of rotatable bonds is 5. The lowest BCUT2D eigenvalue weighted by molar-refractivity contribution is 0.0919. The quantitative estimate of drug-likeness (QED) is 0.783. The number of ether oxygens (including phenoxy) is 1. The lowest BCUT2D eigenvalue weighted by Gasteiger charge is -2.08. The number of hydrogen-bond acceptors (Lipinski definition) is 4. The topological polar surface area (TPSA) is 52.1 Å². The minimum absolute atomic E-state index is 0.0706. The fourth-order valence-electron chi connectivity index (χ4n) is 2.58. The summed E-state index contributed by atoms with van der Waals surface area (Å²) in [5, 5.41) is 0. The highest BCUT2D eigenvalue weighted by molar-refractivity contribution is 5.95. The van der Waals surface area contributed by atoms with Crippen LogP contribution in [-0.4, -0.2) is 28.5 Å². The van der Waals surface area contributed by atoms with Gasteiger partial charge in [-0.1, -0.05) is 12.1 Å². The number of Topliss-reactive ketones (excluding diaryl/α,β-unsaturated/α-hetero) is 1. The molecule has 1 fully saturated rings. The van der Waals surface area contributed by atoms with E-state index in [9.17, 15) is 4.79 Å². The Kier molecular flexibility index (Phi) is 4.02. The molecular formula is C16H18N2O2. The lowest BCUT2D eigenvalue weighted by atomic mass is 10.1. The van der Waals surface area contributed by atoms with E-state index in [1.807, 2.05) is 24.3 Å². The Morgan fingerprint density at radius 3 is 2.95 bits per heavy atom. The molecule has 4 heteroatoms. The van der Waals surface area contributed by atoms with Crippen molar-refractivity contribution in [2.24, 2.45) is 0 Å². The van der Waals surface area contributed by atoms with E-state index in [1.165, 1.54) is 0 Å². The Morgan fingerprint density at radius 2 is 2.15 bits per heavy atom. The Bertz CT molecular complexity index is 606. The average Bonchev–Trinajstić information content (AvgIpc) is 3.00. The second kappa shape index (κ2) is 6.09. The number of carbonyl (C=O) groups excluding carboxylic acids is 1. The zero-order valence-corrected chi connectivity index (χ0v) is 11.4. The van der Waals surface area contributed by atoms with Crippen LogP contribution in [0.4, 0.5) is 0 Å². The first-order valence-corrected chi connectivity index (χ1v) is 7.19. The van der Waals surface area contributed by atoms with Crippen LogP contribution < -0.4 is 0 Å². The van der Waals surface area contributed by atoms with Crippen LogP contribution in [0.5, 0.6) is 0 Å². The number of nitrogens with zero attached hydrogens (tertiary/aromatic N) is 2. The van der Waals surface area contributed by atoms with Crippen molar-refractivity contribution in [3.8, 4) is 0 Å². The Labute approximate surface area is 118 Å². The van der Waals surface area contributed by atoms with Crippen molar-refractivity contribution < 1.29 is 9.53 Å². The molecule has 0 bridgehead atoms. The number of para-hydroxylation sites is 2. The van der Waals surface area contributed by atoms with Crippen LogP contribution >= 0.6 is 0 Å². The summed E-state index contributed by atoms with van der Waals surface area (Å²) >= 11 is 0. The normalized spacial score (nSPS) is 18.5. The van der Waals surface area contributed by atoms with Crippen LogP contribution in [0.2, 0.25) is 0 Å². The molecule has 1 aromatic heterocycles. The van der Waals surface area contributed by atoms with E-state index in [0.29, 0.717) is 18.2 Å². The SMILES string of the molecule is O=C(CCCC1CCCO1)c1cnc2ccccc2n1. The number of hydrogen-bond donors (Lipinski definition) is 0. The summed E-state index contributed by atoms with van der Waals surface area (Å²) in [6, 6.07) is 7.60. The monoisotopic (exact) mass is 270 g/mol. The van der Waals surface area contributed by atoms with E-state index < -0.39 is 0 Å². The van der Waals surface area contributed by atoms with E-state index in [2.05, 4.69) is 9.97 Å². The van der Waals surface area contributed by atoms with E-state index >= 15 is 0 Å². The molecule has 3 rings (SSSR count). The predicted molar refractivity (Wildman–Crippen MR) is 76.7 cm³/mol. The third-order valence-electron chi connectivity index (χ3n) is 3.69. The van der Waals surface area contributed by atoms with Crippen molar-refractivity contribution in [2.75, 3.05) is 6.61 Å². The molecule has 0 radical (unpaired) electrons. The maximum Gasteiger partial charge on any atom is 0.182 e. The van der Waals surface area contributed by atoms with Crippen molar-refractivity contribution in [3.05, 3.63) is 36.2 Å². The Balaban J connectivity index is 1.60. The van der Waals surface area contributed by atoms with Gasteiger partial charge < -0.3 is 4.74 Å². The van der Waals surface area contributed by atoms with Gasteiger partial charge >= 0.3 is 0 Å². The zero-order chi connectivity index (χ0) is 13.8. The Hall–Kier alpha value is -1.81. The largest absolute Gasteiger partial charge is 0.378 e. The van der Waals surface area contributed by atoms with Gasteiger partial charge in [0.2, 0.25) is 0 Å². The molecule has 0 amide bonds. The van der Waals surface area contributed by atoms with E-state index in [1.54, 1.807) is 6.20 Å². The zero-order valence-electron chi connectivity index (χ0n) is 11.4. The molecule has 1 aromatic carbocycles. The maximum absolute atomic E-state index is 12.1. The van der Waals surface area contributed by atoms with Crippen LogP contribution in [0, 0.1) is 0 Å². The molecule has 0 saturated carbocycles. The fourth-order valence-corrected chi connectivity index (χ4v) is 2.58. The first-order chi connectivity index (χ1) is 9.83. The second-order valence-corrected chi connectivity index (χ2v) is 5.19. The molecule has 1 aliphatic heterocycles. The maximum atomic E-state index is 12.1.